The summed E-state index contributed by atoms with van der Waals surface area (Å²) in [6.45, 7) is 7.68. The van der Waals surface area contributed by atoms with Crippen molar-refractivity contribution < 1.29 is 19.4 Å². The van der Waals surface area contributed by atoms with E-state index in [1.165, 1.54) is 0 Å². The molecule has 0 fully saturated rings. The van der Waals surface area contributed by atoms with Gasteiger partial charge in [0.15, 0.2) is 5.88 Å². The fraction of sp³-hybridized carbons (Fsp3) is 0.462. The Morgan fingerprint density at radius 1 is 1.36 bits per heavy atom. The topological polar surface area (TPSA) is 76.7 Å². The van der Waals surface area contributed by atoms with Crippen LogP contribution in [-0.2, 0) is 11.5 Å². The van der Waals surface area contributed by atoms with Gasteiger partial charge in [-0.3, -0.25) is 4.57 Å². The van der Waals surface area contributed by atoms with Crippen molar-refractivity contribution in [2.24, 2.45) is 0 Å². The Hall–Kier alpha value is -1.06. The zero-order valence-electron chi connectivity index (χ0n) is 12.9. The van der Waals surface area contributed by atoms with E-state index in [1.54, 1.807) is 22.9 Å². The third-order valence-corrected chi connectivity index (χ3v) is 5.18. The number of nitrogens with zero attached hydrogens (tertiary/aromatic N) is 2. The van der Waals surface area contributed by atoms with Crippen LogP contribution in [-0.4, -0.2) is 41.6 Å². The van der Waals surface area contributed by atoms with E-state index in [0.717, 1.165) is 6.04 Å². The summed E-state index contributed by atoms with van der Waals surface area (Å²) in [5.41, 5.74) is 0.580. The van der Waals surface area contributed by atoms with Gasteiger partial charge >= 0.3 is 7.32 Å². The molecule has 0 unspecified atom stereocenters. The highest BCUT2D eigenvalue weighted by atomic mass is 35.5. The van der Waals surface area contributed by atoms with Gasteiger partial charge in [0.1, 0.15) is 12.4 Å². The Morgan fingerprint density at radius 3 is 2.73 bits per heavy atom. The lowest BCUT2D eigenvalue weighted by Crippen LogP contribution is -2.24. The van der Waals surface area contributed by atoms with Crippen LogP contribution in [0.1, 0.15) is 0 Å². The second kappa shape index (κ2) is 7.01. The van der Waals surface area contributed by atoms with Crippen molar-refractivity contribution >= 4 is 38.0 Å². The molecule has 0 bridgehead atoms. The van der Waals surface area contributed by atoms with Crippen LogP contribution in [0.5, 0.6) is 5.88 Å². The van der Waals surface area contributed by atoms with E-state index in [-0.39, 0.29) is 12.6 Å². The Kier molecular flexibility index (Phi) is 5.51. The smallest absolute Gasteiger partial charge is 0.499 e. The highest BCUT2D eigenvalue weighted by molar-refractivity contribution is 6.76. The third kappa shape index (κ3) is 4.47. The summed E-state index contributed by atoms with van der Waals surface area (Å²) >= 11 is 6.13. The van der Waals surface area contributed by atoms with Crippen LogP contribution in [0.4, 0.5) is 0 Å². The van der Waals surface area contributed by atoms with Crippen LogP contribution in [0.15, 0.2) is 18.3 Å². The van der Waals surface area contributed by atoms with Crippen molar-refractivity contribution in [1.29, 1.82) is 0 Å². The molecule has 0 saturated heterocycles. The van der Waals surface area contributed by atoms with Crippen molar-refractivity contribution in [3.05, 3.63) is 23.4 Å². The summed E-state index contributed by atoms with van der Waals surface area (Å²) in [5.74, 6) is 0.249. The number of hydrogen-bond donors (Lipinski definition) is 2. The summed E-state index contributed by atoms with van der Waals surface area (Å²) in [6.07, 6.45) is 1.59. The number of hydrogen-bond acceptors (Lipinski definition) is 5. The second-order valence-corrected chi connectivity index (χ2v) is 12.3. The van der Waals surface area contributed by atoms with Crippen LogP contribution >= 0.6 is 11.6 Å². The van der Waals surface area contributed by atoms with Gasteiger partial charge in [-0.05, 0) is 12.1 Å². The molecule has 0 aromatic carbocycles. The molecule has 2 heterocycles. The van der Waals surface area contributed by atoms with Gasteiger partial charge in [0, 0.05) is 32.3 Å². The van der Waals surface area contributed by atoms with E-state index < -0.39 is 15.4 Å². The molecule has 2 N–H and O–H groups in total. The number of fused-ring (bicyclic) bond motifs is 1. The molecule has 22 heavy (non-hydrogen) atoms. The zero-order valence-corrected chi connectivity index (χ0v) is 14.7. The van der Waals surface area contributed by atoms with E-state index >= 15 is 0 Å². The van der Waals surface area contributed by atoms with Gasteiger partial charge in [-0.2, -0.15) is 0 Å². The number of aromatic nitrogens is 2. The lowest BCUT2D eigenvalue weighted by atomic mass is 10.3. The first kappa shape index (κ1) is 17.3. The van der Waals surface area contributed by atoms with Crippen LogP contribution in [0, 0.1) is 0 Å². The van der Waals surface area contributed by atoms with Crippen molar-refractivity contribution in [1.82, 2.24) is 9.55 Å². The second-order valence-electron chi connectivity index (χ2n) is 6.23. The maximum Gasteiger partial charge on any atom is 0.708 e. The van der Waals surface area contributed by atoms with Gasteiger partial charge in [0.2, 0.25) is 0 Å². The van der Waals surface area contributed by atoms with Crippen molar-refractivity contribution in [2.75, 3.05) is 6.61 Å². The van der Waals surface area contributed by atoms with Crippen LogP contribution in [0.2, 0.25) is 30.7 Å². The van der Waals surface area contributed by atoms with Gasteiger partial charge in [-0.25, -0.2) is 4.98 Å². The summed E-state index contributed by atoms with van der Waals surface area (Å²) < 4.78 is 12.3. The molecule has 0 aliphatic carbocycles. The molecule has 0 atom stereocenters. The first-order valence-electron chi connectivity index (χ1n) is 7.02. The van der Waals surface area contributed by atoms with Gasteiger partial charge in [0.05, 0.1) is 5.02 Å². The largest absolute Gasteiger partial charge is 0.708 e. The lowest BCUT2D eigenvalue weighted by molar-refractivity contribution is 0.0850. The zero-order chi connectivity index (χ0) is 16.3. The summed E-state index contributed by atoms with van der Waals surface area (Å²) in [4.78, 5) is 4.26. The number of ether oxygens (including phenoxy) is 1. The molecule has 0 aliphatic rings. The van der Waals surface area contributed by atoms with Gasteiger partial charge in [0.25, 0.3) is 0 Å². The van der Waals surface area contributed by atoms with E-state index in [2.05, 4.69) is 24.6 Å². The lowest BCUT2D eigenvalue weighted by Gasteiger charge is -2.16. The Labute approximate surface area is 135 Å². The van der Waals surface area contributed by atoms with E-state index in [9.17, 15) is 0 Å². The minimum atomic E-state index is -1.91. The minimum absolute atomic E-state index is 0.212. The predicted molar refractivity (Wildman–Crippen MR) is 89.7 cm³/mol. The molecule has 2 aromatic heterocycles. The number of rotatable bonds is 7. The van der Waals surface area contributed by atoms with Crippen LogP contribution in [0.25, 0.3) is 11.0 Å². The molecule has 9 heteroatoms. The third-order valence-electron chi connectivity index (χ3n) is 3.15. The molecule has 0 saturated carbocycles. The molecule has 0 aliphatic heterocycles. The summed E-state index contributed by atoms with van der Waals surface area (Å²) in [6, 6.07) is 4.32. The van der Waals surface area contributed by atoms with E-state index in [1.807, 2.05) is 0 Å². The molecular weight excluding hydrogens is 323 g/mol. The van der Waals surface area contributed by atoms with E-state index in [4.69, 9.17) is 31.0 Å². The average molecular weight is 343 g/mol. The van der Waals surface area contributed by atoms with Gasteiger partial charge in [-0.15, -0.1) is 0 Å². The first-order chi connectivity index (χ1) is 10.3. The highest BCUT2D eigenvalue weighted by Gasteiger charge is 2.19. The predicted octanol–water partition coefficient (Wildman–Crippen LogP) is 2.35. The fourth-order valence-electron chi connectivity index (χ4n) is 1.96. The SMILES string of the molecule is C[Si](C)(C)CCOCn1c(OB(O)O)cc2c(Cl)ccnc21. The normalized spacial score (nSPS) is 11.9. The van der Waals surface area contributed by atoms with Crippen molar-refractivity contribution in [2.45, 2.75) is 32.4 Å². The maximum atomic E-state index is 9.03. The highest BCUT2D eigenvalue weighted by Crippen LogP contribution is 2.29. The molecule has 0 spiro atoms. The van der Waals surface area contributed by atoms with Crippen LogP contribution < -0.4 is 4.65 Å². The molecule has 120 valence electrons. The Bertz CT molecular complexity index is 645. The van der Waals surface area contributed by atoms with E-state index in [0.29, 0.717) is 22.7 Å². The number of halogens is 1. The fourth-order valence-corrected chi connectivity index (χ4v) is 2.91. The van der Waals surface area contributed by atoms with Gasteiger partial charge in [-0.1, -0.05) is 31.2 Å². The average Bonchev–Trinajstić information content (AvgIpc) is 2.72. The first-order valence-corrected chi connectivity index (χ1v) is 11.1. The summed E-state index contributed by atoms with van der Waals surface area (Å²) in [7, 11) is -3.08. The molecule has 2 aromatic rings. The van der Waals surface area contributed by atoms with Crippen molar-refractivity contribution in [3.63, 3.8) is 0 Å². The number of pyridine rings is 1. The monoisotopic (exact) mass is 342 g/mol. The standard InChI is InChI=1S/C13H20BClN2O4Si/c1-22(2,3)7-6-20-9-17-12(21-14(18)19)8-10-11(15)4-5-16-13(10)17/h4-5,8,18-19H,6-7,9H2,1-3H3. The Morgan fingerprint density at radius 2 is 2.09 bits per heavy atom. The summed E-state index contributed by atoms with van der Waals surface area (Å²) in [5, 5.41) is 19.3. The molecular formula is C13H20BClN2O4Si. The van der Waals surface area contributed by atoms with Gasteiger partial charge < -0.3 is 19.4 Å². The molecule has 6 nitrogen and oxygen atoms in total. The van der Waals surface area contributed by atoms with Crippen LogP contribution in [0.3, 0.4) is 0 Å². The minimum Gasteiger partial charge on any atom is -0.499 e. The molecule has 0 radical (unpaired) electrons. The van der Waals surface area contributed by atoms with Crippen molar-refractivity contribution in [3.8, 4) is 5.88 Å². The molecule has 2 rings (SSSR count). The maximum absolute atomic E-state index is 9.03. The molecule has 0 amide bonds. The quantitative estimate of drug-likeness (QED) is 0.596. The Balaban J connectivity index is 2.20.